The van der Waals surface area contributed by atoms with Gasteiger partial charge >= 0.3 is 6.09 Å². The van der Waals surface area contributed by atoms with Gasteiger partial charge in [0.2, 0.25) is 0 Å². The van der Waals surface area contributed by atoms with E-state index in [0.717, 1.165) is 29.2 Å². The van der Waals surface area contributed by atoms with Gasteiger partial charge in [0, 0.05) is 18.2 Å². The van der Waals surface area contributed by atoms with Crippen LogP contribution in [0.1, 0.15) is 50.7 Å². The molecular weight excluding hydrogens is 422 g/mol. The van der Waals surface area contributed by atoms with Crippen molar-refractivity contribution in [2.75, 3.05) is 25.4 Å². The van der Waals surface area contributed by atoms with E-state index < -0.39 is 11.7 Å². The molecule has 2 atom stereocenters. The van der Waals surface area contributed by atoms with Crippen molar-refractivity contribution in [1.82, 2.24) is 4.90 Å². The third-order valence-electron chi connectivity index (χ3n) is 5.33. The topological polar surface area (TPSA) is 59.0 Å². The number of hydrogen-bond acceptors (Lipinski definition) is 5. The van der Waals surface area contributed by atoms with E-state index in [0.29, 0.717) is 19.6 Å². The average molecular weight is 458 g/mol. The number of rotatable bonds is 8. The summed E-state index contributed by atoms with van der Waals surface area (Å²) in [4.78, 5) is 13.9. The summed E-state index contributed by atoms with van der Waals surface area (Å²) < 4.78 is 11.4. The number of aliphatic hydroxyl groups is 1. The third kappa shape index (κ3) is 7.75. The molecule has 2 aromatic rings. The second-order valence-corrected chi connectivity index (χ2v) is 10.3. The molecule has 1 aliphatic heterocycles. The fraction of sp³-hybridized carbons (Fsp3) is 0.500. The Morgan fingerprint density at radius 3 is 2.66 bits per heavy atom. The van der Waals surface area contributed by atoms with Crippen LogP contribution in [-0.2, 0) is 10.5 Å². The van der Waals surface area contributed by atoms with Crippen molar-refractivity contribution in [3.63, 3.8) is 0 Å². The molecule has 1 N–H and O–H groups in total. The Labute approximate surface area is 196 Å². The first kappa shape index (κ1) is 24.5. The fourth-order valence-electron chi connectivity index (χ4n) is 3.76. The van der Waals surface area contributed by atoms with Gasteiger partial charge in [-0.15, -0.1) is 0 Å². The lowest BCUT2D eigenvalue weighted by Crippen LogP contribution is -2.47. The smallest absolute Gasteiger partial charge is 0.410 e. The van der Waals surface area contributed by atoms with E-state index >= 15 is 0 Å². The molecule has 5 nitrogen and oxygen atoms in total. The lowest BCUT2D eigenvalue weighted by atomic mass is 9.87. The largest absolute Gasteiger partial charge is 0.494 e. The summed E-state index contributed by atoms with van der Waals surface area (Å²) in [7, 11) is 0. The maximum absolute atomic E-state index is 12.3. The predicted molar refractivity (Wildman–Crippen MR) is 130 cm³/mol. The number of β-amino-alcohol motifs (C(OH)–C–C–N with tert-alkyl or cyclic N) is 1. The minimum atomic E-state index is -0.624. The summed E-state index contributed by atoms with van der Waals surface area (Å²) in [6.45, 7) is 7.07. The number of piperidine rings is 1. The van der Waals surface area contributed by atoms with E-state index in [1.165, 1.54) is 5.56 Å². The number of amides is 1. The van der Waals surface area contributed by atoms with Crippen LogP contribution in [0.3, 0.4) is 0 Å². The van der Waals surface area contributed by atoms with Gasteiger partial charge in [-0.1, -0.05) is 42.5 Å². The van der Waals surface area contributed by atoms with Gasteiger partial charge in [-0.25, -0.2) is 4.79 Å². The van der Waals surface area contributed by atoms with Crippen LogP contribution in [0.2, 0.25) is 0 Å². The molecule has 174 valence electrons. The van der Waals surface area contributed by atoms with E-state index in [-0.39, 0.29) is 18.6 Å². The zero-order chi connectivity index (χ0) is 23.0. The molecule has 32 heavy (non-hydrogen) atoms. The van der Waals surface area contributed by atoms with Crippen molar-refractivity contribution in [1.29, 1.82) is 0 Å². The van der Waals surface area contributed by atoms with Crippen LogP contribution < -0.4 is 4.74 Å². The second kappa shape index (κ2) is 11.6. The van der Waals surface area contributed by atoms with Crippen molar-refractivity contribution in [3.8, 4) is 5.75 Å². The van der Waals surface area contributed by atoms with Gasteiger partial charge in [0.15, 0.2) is 0 Å². The molecule has 2 unspecified atom stereocenters. The van der Waals surface area contributed by atoms with Gasteiger partial charge in [-0.2, -0.15) is 11.8 Å². The Morgan fingerprint density at radius 1 is 1.16 bits per heavy atom. The minimum absolute atomic E-state index is 0.0151. The number of hydrogen-bond donors (Lipinski definition) is 1. The van der Waals surface area contributed by atoms with Crippen LogP contribution in [0.5, 0.6) is 5.75 Å². The number of aliphatic hydroxyl groups excluding tert-OH is 1. The van der Waals surface area contributed by atoms with E-state index in [2.05, 4.69) is 24.3 Å². The van der Waals surface area contributed by atoms with Gasteiger partial charge in [0.05, 0.1) is 19.3 Å². The van der Waals surface area contributed by atoms with Crippen LogP contribution in [0.15, 0.2) is 54.6 Å². The molecule has 1 saturated heterocycles. The molecule has 1 heterocycles. The van der Waals surface area contributed by atoms with Crippen LogP contribution in [0.4, 0.5) is 4.79 Å². The average Bonchev–Trinajstić information content (AvgIpc) is 2.76. The van der Waals surface area contributed by atoms with Crippen molar-refractivity contribution in [2.45, 2.75) is 57.0 Å². The molecule has 2 aromatic carbocycles. The molecule has 0 bridgehead atoms. The molecule has 0 spiro atoms. The lowest BCUT2D eigenvalue weighted by Gasteiger charge is -2.37. The number of carbonyl (C=O) groups excluding carboxylic acids is 1. The minimum Gasteiger partial charge on any atom is -0.494 e. The number of ether oxygens (including phenoxy) is 2. The highest BCUT2D eigenvalue weighted by Gasteiger charge is 2.33. The van der Waals surface area contributed by atoms with E-state index in [4.69, 9.17) is 9.47 Å². The molecule has 1 fully saturated rings. The van der Waals surface area contributed by atoms with E-state index in [1.54, 1.807) is 4.90 Å². The summed E-state index contributed by atoms with van der Waals surface area (Å²) in [6.07, 6.45) is 0.691. The molecule has 3 rings (SSSR count). The highest BCUT2D eigenvalue weighted by Crippen LogP contribution is 2.31. The zero-order valence-electron chi connectivity index (χ0n) is 19.3. The summed E-state index contributed by atoms with van der Waals surface area (Å²) >= 11 is 1.92. The predicted octanol–water partition coefficient (Wildman–Crippen LogP) is 5.47. The number of thioether (sulfide) groups is 1. The van der Waals surface area contributed by atoms with Crippen LogP contribution in [0, 0.1) is 0 Å². The molecule has 1 amide bonds. The monoisotopic (exact) mass is 457 g/mol. The van der Waals surface area contributed by atoms with Crippen molar-refractivity contribution >= 4 is 17.9 Å². The number of likely N-dealkylation sites (tertiary alicyclic amines) is 1. The Balaban J connectivity index is 1.43. The first-order chi connectivity index (χ1) is 15.3. The SMILES string of the molecule is CC(C)(C)OC(=O)N1CCC(c2cccc(OCCCSCc3ccccc3)c2)C(O)C1. The summed E-state index contributed by atoms with van der Waals surface area (Å²) in [5.74, 6) is 2.89. The lowest BCUT2D eigenvalue weighted by molar-refractivity contribution is -0.00154. The number of benzene rings is 2. The third-order valence-corrected chi connectivity index (χ3v) is 6.45. The molecule has 0 saturated carbocycles. The van der Waals surface area contributed by atoms with Crippen molar-refractivity contribution < 1.29 is 19.4 Å². The van der Waals surface area contributed by atoms with Crippen LogP contribution >= 0.6 is 11.8 Å². The maximum atomic E-state index is 12.3. The maximum Gasteiger partial charge on any atom is 0.410 e. The Kier molecular flexibility index (Phi) is 8.88. The number of carbonyl (C=O) groups is 1. The first-order valence-electron chi connectivity index (χ1n) is 11.3. The zero-order valence-corrected chi connectivity index (χ0v) is 20.1. The Morgan fingerprint density at radius 2 is 1.94 bits per heavy atom. The summed E-state index contributed by atoms with van der Waals surface area (Å²) in [5.41, 5.74) is 1.87. The molecule has 1 aliphatic rings. The van der Waals surface area contributed by atoms with Gasteiger partial charge in [0.25, 0.3) is 0 Å². The molecular formula is C26H35NO4S. The van der Waals surface area contributed by atoms with Gasteiger partial charge in [-0.3, -0.25) is 0 Å². The molecule has 0 aromatic heterocycles. The molecule has 0 aliphatic carbocycles. The number of nitrogens with zero attached hydrogens (tertiary/aromatic N) is 1. The quantitative estimate of drug-likeness (QED) is 0.532. The highest BCUT2D eigenvalue weighted by atomic mass is 32.2. The first-order valence-corrected chi connectivity index (χ1v) is 12.5. The Hall–Kier alpha value is -2.18. The normalized spacial score (nSPS) is 18.9. The summed E-state index contributed by atoms with van der Waals surface area (Å²) in [6, 6.07) is 18.5. The van der Waals surface area contributed by atoms with Crippen LogP contribution in [0.25, 0.3) is 0 Å². The van der Waals surface area contributed by atoms with E-state index in [9.17, 15) is 9.90 Å². The summed E-state index contributed by atoms with van der Waals surface area (Å²) in [5, 5.41) is 10.7. The standard InChI is InChI=1S/C26H35NO4S/c1-26(2,3)31-25(29)27-14-13-23(24(28)18-27)21-11-7-12-22(17-21)30-15-8-16-32-19-20-9-5-4-6-10-20/h4-7,9-12,17,23-24,28H,8,13-16,18-19H2,1-3H3. The molecule has 0 radical (unpaired) electrons. The van der Waals surface area contributed by atoms with E-state index in [1.807, 2.05) is 62.9 Å². The fourth-order valence-corrected chi connectivity index (χ4v) is 4.66. The van der Waals surface area contributed by atoms with Gasteiger partial charge in [0.1, 0.15) is 11.4 Å². The Bertz CT molecular complexity index is 852. The highest BCUT2D eigenvalue weighted by molar-refractivity contribution is 7.98. The second-order valence-electron chi connectivity index (χ2n) is 9.20. The molecule has 6 heteroatoms. The van der Waals surface area contributed by atoms with Crippen LogP contribution in [-0.4, -0.2) is 53.3 Å². The van der Waals surface area contributed by atoms with Crippen molar-refractivity contribution in [3.05, 3.63) is 65.7 Å². The van der Waals surface area contributed by atoms with Gasteiger partial charge < -0.3 is 19.5 Å². The van der Waals surface area contributed by atoms with Gasteiger partial charge in [-0.05, 0) is 62.6 Å². The van der Waals surface area contributed by atoms with Crippen molar-refractivity contribution in [2.24, 2.45) is 0 Å².